The average Bonchev–Trinajstić information content (AvgIpc) is 2.40. The normalized spacial score (nSPS) is 13.2. The summed E-state index contributed by atoms with van der Waals surface area (Å²) in [7, 11) is 0. The fraction of sp³-hybridized carbons (Fsp3) is 0.250. The second-order valence-corrected chi connectivity index (χ2v) is 4.92. The lowest BCUT2D eigenvalue weighted by Crippen LogP contribution is -2.14. The van der Waals surface area contributed by atoms with Crippen molar-refractivity contribution in [2.24, 2.45) is 5.73 Å². The third kappa shape index (κ3) is 3.61. The molecule has 0 aromatic heterocycles. The van der Waals surface area contributed by atoms with Gasteiger partial charge in [0.15, 0.2) is 0 Å². The summed E-state index contributed by atoms with van der Waals surface area (Å²) < 4.78 is 37.4. The number of benzene rings is 2. The number of alkyl halides is 3. The van der Waals surface area contributed by atoms with Gasteiger partial charge in [0.2, 0.25) is 0 Å². The number of nitrogens with two attached hydrogens (primary N) is 1. The lowest BCUT2D eigenvalue weighted by atomic mass is 9.98. The fourth-order valence-electron chi connectivity index (χ4n) is 2.02. The lowest BCUT2D eigenvalue weighted by Gasteiger charge is -2.14. The second kappa shape index (κ2) is 5.67. The predicted octanol–water partition coefficient (Wildman–Crippen LogP) is 4.26. The first kappa shape index (κ1) is 14.6. The minimum Gasteiger partial charge on any atom is -0.324 e. The predicted molar refractivity (Wildman–Crippen MR) is 73.3 cm³/mol. The molecule has 0 aliphatic heterocycles. The van der Waals surface area contributed by atoms with Crippen molar-refractivity contribution in [3.8, 4) is 0 Å². The van der Waals surface area contributed by atoms with Gasteiger partial charge in [0.25, 0.3) is 0 Å². The van der Waals surface area contributed by atoms with E-state index in [9.17, 15) is 13.2 Å². The van der Waals surface area contributed by atoms with E-state index in [1.165, 1.54) is 12.1 Å². The van der Waals surface area contributed by atoms with Crippen molar-refractivity contribution in [1.82, 2.24) is 0 Å². The Morgan fingerprint density at radius 1 is 0.950 bits per heavy atom. The highest BCUT2D eigenvalue weighted by Gasteiger charge is 2.30. The summed E-state index contributed by atoms with van der Waals surface area (Å²) in [5.74, 6) is 0. The van der Waals surface area contributed by atoms with Gasteiger partial charge >= 0.3 is 6.18 Å². The van der Waals surface area contributed by atoms with Gasteiger partial charge in [-0.1, -0.05) is 42.0 Å². The van der Waals surface area contributed by atoms with Crippen molar-refractivity contribution in [1.29, 1.82) is 0 Å². The molecule has 4 heteroatoms. The molecule has 0 amide bonds. The van der Waals surface area contributed by atoms with Crippen LogP contribution in [0, 0.1) is 6.92 Å². The van der Waals surface area contributed by atoms with Crippen molar-refractivity contribution < 1.29 is 13.2 Å². The summed E-state index contributed by atoms with van der Waals surface area (Å²) in [6, 6.07) is 12.7. The smallest absolute Gasteiger partial charge is 0.324 e. The van der Waals surface area contributed by atoms with E-state index in [0.717, 1.165) is 23.3 Å². The quantitative estimate of drug-likeness (QED) is 0.892. The molecule has 106 valence electrons. The van der Waals surface area contributed by atoms with Crippen LogP contribution < -0.4 is 5.73 Å². The van der Waals surface area contributed by atoms with Crippen molar-refractivity contribution in [3.63, 3.8) is 0 Å². The van der Waals surface area contributed by atoms with Crippen LogP contribution in [0.15, 0.2) is 48.5 Å². The Labute approximate surface area is 116 Å². The number of aryl methyl sites for hydroxylation is 1. The summed E-state index contributed by atoms with van der Waals surface area (Å²) in [5, 5.41) is 0. The van der Waals surface area contributed by atoms with Crippen molar-refractivity contribution in [2.45, 2.75) is 25.6 Å². The molecule has 1 unspecified atom stereocenters. The van der Waals surface area contributed by atoms with Crippen LogP contribution in [0.25, 0.3) is 0 Å². The average molecular weight is 279 g/mol. The molecule has 1 nitrogen and oxygen atoms in total. The van der Waals surface area contributed by atoms with Crippen LogP contribution in [0.4, 0.5) is 13.2 Å². The fourth-order valence-corrected chi connectivity index (χ4v) is 2.02. The van der Waals surface area contributed by atoms with E-state index in [2.05, 4.69) is 0 Å². The van der Waals surface area contributed by atoms with Gasteiger partial charge < -0.3 is 5.73 Å². The van der Waals surface area contributed by atoms with E-state index in [4.69, 9.17) is 5.73 Å². The highest BCUT2D eigenvalue weighted by Crippen LogP contribution is 2.30. The van der Waals surface area contributed by atoms with Crippen LogP contribution in [0.1, 0.15) is 28.3 Å². The zero-order valence-electron chi connectivity index (χ0n) is 11.1. The molecular formula is C16H16F3N. The van der Waals surface area contributed by atoms with E-state index >= 15 is 0 Å². The largest absolute Gasteiger partial charge is 0.416 e. The summed E-state index contributed by atoms with van der Waals surface area (Å²) in [6.07, 6.45) is -3.70. The van der Waals surface area contributed by atoms with E-state index in [-0.39, 0.29) is 6.04 Å². The third-order valence-corrected chi connectivity index (χ3v) is 3.24. The molecule has 2 aromatic carbocycles. The molecule has 2 aromatic rings. The molecule has 0 bridgehead atoms. The Kier molecular flexibility index (Phi) is 4.14. The molecule has 0 radical (unpaired) electrons. The molecule has 0 aliphatic carbocycles. The topological polar surface area (TPSA) is 26.0 Å². The van der Waals surface area contributed by atoms with E-state index < -0.39 is 11.7 Å². The Morgan fingerprint density at radius 3 is 2.00 bits per heavy atom. The zero-order chi connectivity index (χ0) is 14.8. The van der Waals surface area contributed by atoms with Crippen LogP contribution >= 0.6 is 0 Å². The zero-order valence-corrected chi connectivity index (χ0v) is 11.1. The van der Waals surface area contributed by atoms with Crippen LogP contribution in [-0.4, -0.2) is 0 Å². The van der Waals surface area contributed by atoms with Crippen molar-refractivity contribution in [2.75, 3.05) is 0 Å². The highest BCUT2D eigenvalue weighted by molar-refractivity contribution is 5.29. The highest BCUT2D eigenvalue weighted by atomic mass is 19.4. The van der Waals surface area contributed by atoms with Gasteiger partial charge in [0.1, 0.15) is 0 Å². The number of rotatable bonds is 3. The maximum absolute atomic E-state index is 12.5. The maximum atomic E-state index is 12.5. The van der Waals surface area contributed by atoms with Gasteiger partial charge in [0.05, 0.1) is 5.56 Å². The first-order valence-electron chi connectivity index (χ1n) is 6.34. The first-order valence-corrected chi connectivity index (χ1v) is 6.34. The molecule has 0 saturated heterocycles. The summed E-state index contributed by atoms with van der Waals surface area (Å²) in [6.45, 7) is 2.00. The number of hydrogen-bond acceptors (Lipinski definition) is 1. The van der Waals surface area contributed by atoms with Gasteiger partial charge in [-0.05, 0) is 36.6 Å². The summed E-state index contributed by atoms with van der Waals surface area (Å²) in [4.78, 5) is 0. The van der Waals surface area contributed by atoms with Gasteiger partial charge in [-0.25, -0.2) is 0 Å². The molecule has 0 saturated carbocycles. The summed E-state index contributed by atoms with van der Waals surface area (Å²) >= 11 is 0. The van der Waals surface area contributed by atoms with Crippen LogP contribution in [0.5, 0.6) is 0 Å². The summed E-state index contributed by atoms with van der Waals surface area (Å²) in [5.41, 5.74) is 8.34. The van der Waals surface area contributed by atoms with Crippen LogP contribution in [-0.2, 0) is 12.6 Å². The first-order chi connectivity index (χ1) is 9.36. The second-order valence-electron chi connectivity index (χ2n) is 4.92. The van der Waals surface area contributed by atoms with E-state index in [1.54, 1.807) is 0 Å². The SMILES string of the molecule is Cc1ccc(CC(N)c2ccc(C(F)(F)F)cc2)cc1. The van der Waals surface area contributed by atoms with E-state index in [0.29, 0.717) is 12.0 Å². The molecule has 0 spiro atoms. The van der Waals surface area contributed by atoms with Gasteiger partial charge in [-0.2, -0.15) is 13.2 Å². The molecular weight excluding hydrogens is 263 g/mol. The van der Waals surface area contributed by atoms with Crippen LogP contribution in [0.2, 0.25) is 0 Å². The Balaban J connectivity index is 2.09. The van der Waals surface area contributed by atoms with Gasteiger partial charge in [0, 0.05) is 6.04 Å². The molecule has 2 N–H and O–H groups in total. The Hall–Kier alpha value is -1.81. The Bertz CT molecular complexity index is 556. The standard InChI is InChI=1S/C16H16F3N/c1-11-2-4-12(5-3-11)10-15(20)13-6-8-14(9-7-13)16(17,18)19/h2-9,15H,10,20H2,1H3. The van der Waals surface area contributed by atoms with Crippen molar-refractivity contribution in [3.05, 3.63) is 70.8 Å². The molecule has 2 rings (SSSR count). The van der Waals surface area contributed by atoms with Gasteiger partial charge in [-0.15, -0.1) is 0 Å². The third-order valence-electron chi connectivity index (χ3n) is 3.24. The molecule has 0 fully saturated rings. The molecule has 0 heterocycles. The number of halogens is 3. The minimum atomic E-state index is -4.31. The van der Waals surface area contributed by atoms with Crippen molar-refractivity contribution >= 4 is 0 Å². The monoisotopic (exact) mass is 279 g/mol. The maximum Gasteiger partial charge on any atom is 0.416 e. The van der Waals surface area contributed by atoms with Gasteiger partial charge in [-0.3, -0.25) is 0 Å². The van der Waals surface area contributed by atoms with Crippen LogP contribution in [0.3, 0.4) is 0 Å². The Morgan fingerprint density at radius 2 is 1.50 bits per heavy atom. The number of hydrogen-bond donors (Lipinski definition) is 1. The molecule has 1 atom stereocenters. The lowest BCUT2D eigenvalue weighted by molar-refractivity contribution is -0.137. The minimum absolute atomic E-state index is 0.306. The molecule has 0 aliphatic rings. The van der Waals surface area contributed by atoms with E-state index in [1.807, 2.05) is 31.2 Å². The molecule has 20 heavy (non-hydrogen) atoms.